The maximum Gasteiger partial charge on any atom is 0.265 e. The van der Waals surface area contributed by atoms with Gasteiger partial charge in [0.25, 0.3) is 5.91 Å². The summed E-state index contributed by atoms with van der Waals surface area (Å²) < 4.78 is 22.7. The summed E-state index contributed by atoms with van der Waals surface area (Å²) in [5.41, 5.74) is 0.972. The van der Waals surface area contributed by atoms with Crippen molar-refractivity contribution in [3.8, 4) is 23.0 Å². The van der Waals surface area contributed by atoms with Gasteiger partial charge in [-0.3, -0.25) is 4.79 Å². The molecule has 6 heteroatoms. The van der Waals surface area contributed by atoms with Crippen LogP contribution in [-0.4, -0.2) is 31.8 Å². The van der Waals surface area contributed by atoms with Crippen LogP contribution in [0.3, 0.4) is 0 Å². The number of carbonyl (C=O) groups is 1. The van der Waals surface area contributed by atoms with Crippen LogP contribution in [0.4, 0.5) is 0 Å². The largest absolute Gasteiger partial charge is 0.486 e. The topological polar surface area (TPSA) is 66.0 Å². The number of fused-ring (bicyclic) bond motifs is 2. The molecule has 0 unspecified atom stereocenters. The smallest absolute Gasteiger partial charge is 0.265 e. The molecule has 0 saturated carbocycles. The molecular formula is C21H23NO5. The van der Waals surface area contributed by atoms with Gasteiger partial charge in [0.05, 0.1) is 6.04 Å². The fraction of sp³-hybridized carbons (Fsp3) is 0.381. The molecule has 2 aliphatic heterocycles. The number of nitrogens with one attached hydrogen (secondary N) is 1. The Morgan fingerprint density at radius 2 is 1.67 bits per heavy atom. The van der Waals surface area contributed by atoms with Crippen LogP contribution in [0, 0.1) is 5.92 Å². The van der Waals surface area contributed by atoms with E-state index in [1.165, 1.54) is 0 Å². The van der Waals surface area contributed by atoms with E-state index in [0.717, 1.165) is 11.3 Å². The van der Waals surface area contributed by atoms with Crippen LogP contribution in [-0.2, 0) is 4.79 Å². The van der Waals surface area contributed by atoms with Gasteiger partial charge in [-0.05, 0) is 35.7 Å². The zero-order chi connectivity index (χ0) is 18.8. The van der Waals surface area contributed by atoms with Crippen molar-refractivity contribution in [2.24, 2.45) is 5.92 Å². The Balaban J connectivity index is 1.50. The van der Waals surface area contributed by atoms with E-state index in [2.05, 4.69) is 19.2 Å². The summed E-state index contributed by atoms with van der Waals surface area (Å²) >= 11 is 0. The van der Waals surface area contributed by atoms with E-state index in [0.29, 0.717) is 30.5 Å². The third-order valence-electron chi connectivity index (χ3n) is 4.69. The Kier molecular flexibility index (Phi) is 4.79. The van der Waals surface area contributed by atoms with Crippen LogP contribution >= 0.6 is 0 Å². The molecule has 2 aromatic rings. The molecule has 2 atom stereocenters. The van der Waals surface area contributed by atoms with Crippen molar-refractivity contribution in [1.82, 2.24) is 5.32 Å². The fourth-order valence-electron chi connectivity index (χ4n) is 3.28. The predicted molar refractivity (Wildman–Crippen MR) is 99.5 cm³/mol. The molecule has 0 aromatic heterocycles. The minimum Gasteiger partial charge on any atom is -0.486 e. The molecule has 0 spiro atoms. The SMILES string of the molecule is CC(C)[C@@H](NC(=O)[C@H]1COc2ccccc2O1)c1ccc2c(c1)OCCO2. The van der Waals surface area contributed by atoms with Crippen molar-refractivity contribution in [2.75, 3.05) is 19.8 Å². The molecule has 4 rings (SSSR count). The van der Waals surface area contributed by atoms with Crippen LogP contribution in [0.25, 0.3) is 0 Å². The molecule has 2 heterocycles. The lowest BCUT2D eigenvalue weighted by atomic mass is 9.95. The van der Waals surface area contributed by atoms with Crippen molar-refractivity contribution >= 4 is 5.91 Å². The quantitative estimate of drug-likeness (QED) is 0.897. The molecule has 0 aliphatic carbocycles. The minimum absolute atomic E-state index is 0.172. The predicted octanol–water partition coefficient (Wildman–Crippen LogP) is 3.11. The lowest BCUT2D eigenvalue weighted by Gasteiger charge is -2.29. The number of benzene rings is 2. The van der Waals surface area contributed by atoms with Gasteiger partial charge in [0.2, 0.25) is 6.10 Å². The van der Waals surface area contributed by atoms with E-state index >= 15 is 0 Å². The molecule has 2 aromatic carbocycles. The summed E-state index contributed by atoms with van der Waals surface area (Å²) in [5.74, 6) is 2.69. The summed E-state index contributed by atoms with van der Waals surface area (Å²) in [6.45, 7) is 5.40. The highest BCUT2D eigenvalue weighted by molar-refractivity contribution is 5.82. The van der Waals surface area contributed by atoms with Gasteiger partial charge in [0, 0.05) is 0 Å². The second-order valence-corrected chi connectivity index (χ2v) is 7.00. The van der Waals surface area contributed by atoms with E-state index in [1.54, 1.807) is 6.07 Å². The molecule has 2 aliphatic rings. The normalized spacial score (nSPS) is 18.7. The van der Waals surface area contributed by atoms with E-state index in [9.17, 15) is 4.79 Å². The summed E-state index contributed by atoms with van der Waals surface area (Å²) in [4.78, 5) is 12.8. The van der Waals surface area contributed by atoms with Crippen molar-refractivity contribution in [2.45, 2.75) is 26.0 Å². The Morgan fingerprint density at radius 1 is 0.963 bits per heavy atom. The third-order valence-corrected chi connectivity index (χ3v) is 4.69. The standard InChI is InChI=1S/C21H23NO5/c1-13(2)20(14-7-8-16-18(11-14)25-10-9-24-16)22-21(23)19-12-26-15-5-3-4-6-17(15)27-19/h3-8,11,13,19-20H,9-10,12H2,1-2H3,(H,22,23)/t19-,20-/m1/s1. The third kappa shape index (κ3) is 3.65. The molecule has 27 heavy (non-hydrogen) atoms. The summed E-state index contributed by atoms with van der Waals surface area (Å²) in [6.07, 6.45) is -0.682. The minimum atomic E-state index is -0.682. The highest BCUT2D eigenvalue weighted by Crippen LogP contribution is 2.35. The van der Waals surface area contributed by atoms with Gasteiger partial charge in [-0.1, -0.05) is 32.0 Å². The fourth-order valence-corrected chi connectivity index (χ4v) is 3.28. The van der Waals surface area contributed by atoms with E-state index in [1.807, 2.05) is 36.4 Å². The Bertz CT molecular complexity index is 835. The Hall–Kier alpha value is -2.89. The number of ether oxygens (including phenoxy) is 4. The Morgan fingerprint density at radius 3 is 2.44 bits per heavy atom. The second-order valence-electron chi connectivity index (χ2n) is 7.00. The van der Waals surface area contributed by atoms with Gasteiger partial charge in [0.15, 0.2) is 23.0 Å². The number of hydrogen-bond acceptors (Lipinski definition) is 5. The number of carbonyl (C=O) groups excluding carboxylic acids is 1. The first-order valence-electron chi connectivity index (χ1n) is 9.20. The number of para-hydroxylation sites is 2. The van der Waals surface area contributed by atoms with Crippen LogP contribution < -0.4 is 24.3 Å². The summed E-state index contributed by atoms with van der Waals surface area (Å²) in [6, 6.07) is 13.0. The molecule has 142 valence electrons. The summed E-state index contributed by atoms with van der Waals surface area (Å²) in [7, 11) is 0. The zero-order valence-corrected chi connectivity index (χ0v) is 15.4. The molecule has 0 radical (unpaired) electrons. The van der Waals surface area contributed by atoms with Crippen molar-refractivity contribution in [3.05, 3.63) is 48.0 Å². The second kappa shape index (κ2) is 7.39. The monoisotopic (exact) mass is 369 g/mol. The van der Waals surface area contributed by atoms with Gasteiger partial charge < -0.3 is 24.3 Å². The molecule has 0 fully saturated rings. The van der Waals surface area contributed by atoms with E-state index in [4.69, 9.17) is 18.9 Å². The molecule has 0 saturated heterocycles. The van der Waals surface area contributed by atoms with Gasteiger partial charge in [0.1, 0.15) is 19.8 Å². The van der Waals surface area contributed by atoms with Gasteiger partial charge >= 0.3 is 0 Å². The first-order chi connectivity index (χ1) is 13.1. The molecule has 6 nitrogen and oxygen atoms in total. The van der Waals surface area contributed by atoms with Gasteiger partial charge in [-0.15, -0.1) is 0 Å². The first-order valence-corrected chi connectivity index (χ1v) is 9.20. The number of amides is 1. The number of rotatable bonds is 4. The molecule has 0 bridgehead atoms. The van der Waals surface area contributed by atoms with E-state index < -0.39 is 6.10 Å². The lowest BCUT2D eigenvalue weighted by molar-refractivity contribution is -0.131. The highest BCUT2D eigenvalue weighted by atomic mass is 16.6. The first kappa shape index (κ1) is 17.5. The van der Waals surface area contributed by atoms with Gasteiger partial charge in [-0.2, -0.15) is 0 Å². The Labute approximate surface area is 158 Å². The van der Waals surface area contributed by atoms with Crippen LogP contribution in [0.15, 0.2) is 42.5 Å². The molecule has 1 N–H and O–H groups in total. The maximum atomic E-state index is 12.8. The number of hydrogen-bond donors (Lipinski definition) is 1. The molecular weight excluding hydrogens is 346 g/mol. The highest BCUT2D eigenvalue weighted by Gasteiger charge is 2.30. The van der Waals surface area contributed by atoms with E-state index in [-0.39, 0.29) is 24.5 Å². The maximum absolute atomic E-state index is 12.8. The molecule has 1 amide bonds. The van der Waals surface area contributed by atoms with Crippen LogP contribution in [0.1, 0.15) is 25.5 Å². The lowest BCUT2D eigenvalue weighted by Crippen LogP contribution is -2.46. The van der Waals surface area contributed by atoms with Crippen molar-refractivity contribution in [1.29, 1.82) is 0 Å². The summed E-state index contributed by atoms with van der Waals surface area (Å²) in [5, 5.41) is 3.10. The average Bonchev–Trinajstić information content (AvgIpc) is 2.71. The van der Waals surface area contributed by atoms with Gasteiger partial charge in [-0.25, -0.2) is 0 Å². The average molecular weight is 369 g/mol. The van der Waals surface area contributed by atoms with Crippen LogP contribution in [0.5, 0.6) is 23.0 Å². The van der Waals surface area contributed by atoms with Crippen LogP contribution in [0.2, 0.25) is 0 Å². The zero-order valence-electron chi connectivity index (χ0n) is 15.4. The van der Waals surface area contributed by atoms with Crippen molar-refractivity contribution in [3.63, 3.8) is 0 Å². The van der Waals surface area contributed by atoms with Crippen molar-refractivity contribution < 1.29 is 23.7 Å².